The minimum atomic E-state index is -0.280. The molecule has 98 valence electrons. The number of hydrogen-bond donors (Lipinski definition) is 5. The summed E-state index contributed by atoms with van der Waals surface area (Å²) in [6.07, 6.45) is 2.89. The normalized spacial score (nSPS) is 10.9. The minimum absolute atomic E-state index is 0.0983. The molecule has 5 N–H and O–H groups in total. The number of hydrogen-bond acceptors (Lipinski definition) is 5. The number of benzene rings is 2. The summed E-state index contributed by atoms with van der Waals surface area (Å²) in [4.78, 5) is 0. The first kappa shape index (κ1) is 12.6. The summed E-state index contributed by atoms with van der Waals surface area (Å²) in [6, 6.07) is 6.20. The third kappa shape index (κ3) is 2.90. The van der Waals surface area contributed by atoms with Crippen LogP contribution < -0.4 is 0 Å². The third-order valence-electron chi connectivity index (χ3n) is 2.49. The van der Waals surface area contributed by atoms with Gasteiger partial charge in [0.05, 0.1) is 5.56 Å². The molecule has 5 nitrogen and oxygen atoms in total. The lowest BCUT2D eigenvalue weighted by molar-refractivity contribution is 0.426. The Morgan fingerprint density at radius 3 is 1.58 bits per heavy atom. The smallest absolute Gasteiger partial charge is 0.130 e. The van der Waals surface area contributed by atoms with Crippen molar-refractivity contribution in [3.63, 3.8) is 0 Å². The van der Waals surface area contributed by atoms with Crippen molar-refractivity contribution in [1.82, 2.24) is 0 Å². The Balaban J connectivity index is 2.38. The highest BCUT2D eigenvalue weighted by Crippen LogP contribution is 2.33. The molecule has 0 fully saturated rings. The molecule has 5 heteroatoms. The standard InChI is InChI=1S/C14H12O5/c15-9-3-8(4-10(16)5-9)1-2-12-13(18)6-11(17)7-14(12)19/h1-7,15-19H/b2-1+. The molecule has 0 aliphatic heterocycles. The lowest BCUT2D eigenvalue weighted by atomic mass is 10.1. The second kappa shape index (κ2) is 4.81. The Morgan fingerprint density at radius 2 is 1.05 bits per heavy atom. The minimum Gasteiger partial charge on any atom is -0.508 e. The van der Waals surface area contributed by atoms with Crippen LogP contribution in [0.5, 0.6) is 28.7 Å². The van der Waals surface area contributed by atoms with E-state index in [9.17, 15) is 20.4 Å². The van der Waals surface area contributed by atoms with Crippen molar-refractivity contribution in [2.24, 2.45) is 0 Å². The highest BCUT2D eigenvalue weighted by Gasteiger charge is 2.06. The van der Waals surface area contributed by atoms with E-state index in [2.05, 4.69) is 0 Å². The van der Waals surface area contributed by atoms with E-state index in [0.29, 0.717) is 5.56 Å². The van der Waals surface area contributed by atoms with Crippen LogP contribution in [-0.2, 0) is 0 Å². The average Bonchev–Trinajstić information content (AvgIpc) is 2.25. The zero-order valence-corrected chi connectivity index (χ0v) is 9.78. The molecule has 2 rings (SSSR count). The fourth-order valence-corrected chi connectivity index (χ4v) is 1.67. The van der Waals surface area contributed by atoms with E-state index in [-0.39, 0.29) is 34.3 Å². The van der Waals surface area contributed by atoms with Crippen molar-refractivity contribution < 1.29 is 25.5 Å². The Bertz CT molecular complexity index is 603. The molecule has 0 aromatic heterocycles. The van der Waals surface area contributed by atoms with Gasteiger partial charge in [-0.2, -0.15) is 0 Å². The lowest BCUT2D eigenvalue weighted by Gasteiger charge is -2.04. The summed E-state index contributed by atoms with van der Waals surface area (Å²) >= 11 is 0. The largest absolute Gasteiger partial charge is 0.508 e. The van der Waals surface area contributed by atoms with E-state index in [1.54, 1.807) is 0 Å². The monoisotopic (exact) mass is 260 g/mol. The average molecular weight is 260 g/mol. The maximum Gasteiger partial charge on any atom is 0.130 e. The molecular formula is C14H12O5. The molecule has 0 aliphatic rings. The molecule has 0 unspecified atom stereocenters. The molecule has 0 heterocycles. The van der Waals surface area contributed by atoms with E-state index >= 15 is 0 Å². The van der Waals surface area contributed by atoms with Crippen molar-refractivity contribution in [3.05, 3.63) is 41.5 Å². The zero-order valence-electron chi connectivity index (χ0n) is 9.78. The summed E-state index contributed by atoms with van der Waals surface area (Å²) in [7, 11) is 0. The maximum absolute atomic E-state index is 9.59. The molecule has 19 heavy (non-hydrogen) atoms. The first-order valence-corrected chi connectivity index (χ1v) is 5.42. The molecule has 0 aliphatic carbocycles. The fraction of sp³-hybridized carbons (Fsp3) is 0. The van der Waals surface area contributed by atoms with Crippen molar-refractivity contribution in [2.75, 3.05) is 0 Å². The number of aromatic hydroxyl groups is 5. The molecule has 0 spiro atoms. The van der Waals surface area contributed by atoms with Crippen LogP contribution in [0.15, 0.2) is 30.3 Å². The van der Waals surface area contributed by atoms with E-state index in [4.69, 9.17) is 5.11 Å². The molecule has 0 bridgehead atoms. The SMILES string of the molecule is Oc1cc(O)cc(/C=C/c2c(O)cc(O)cc2O)c1. The summed E-state index contributed by atoms with van der Waals surface area (Å²) in [5, 5.41) is 47.0. The van der Waals surface area contributed by atoms with Gasteiger partial charge in [-0.25, -0.2) is 0 Å². The van der Waals surface area contributed by atoms with E-state index in [0.717, 1.165) is 12.1 Å². The van der Waals surface area contributed by atoms with Crippen LogP contribution in [0, 0.1) is 0 Å². The van der Waals surface area contributed by atoms with Crippen LogP contribution in [0.25, 0.3) is 12.2 Å². The second-order valence-corrected chi connectivity index (χ2v) is 4.01. The van der Waals surface area contributed by atoms with Gasteiger partial charge in [-0.1, -0.05) is 6.08 Å². The summed E-state index contributed by atoms with van der Waals surface area (Å²) in [6.45, 7) is 0. The van der Waals surface area contributed by atoms with Crippen LogP contribution in [0.2, 0.25) is 0 Å². The Morgan fingerprint density at radius 1 is 0.579 bits per heavy atom. The van der Waals surface area contributed by atoms with Gasteiger partial charge in [0, 0.05) is 18.2 Å². The predicted molar refractivity (Wildman–Crippen MR) is 70.1 cm³/mol. The lowest BCUT2D eigenvalue weighted by Crippen LogP contribution is -1.78. The van der Waals surface area contributed by atoms with Gasteiger partial charge < -0.3 is 25.5 Å². The molecule has 0 radical (unpaired) electrons. The topological polar surface area (TPSA) is 101 Å². The number of phenolic OH excluding ortho intramolecular Hbond substituents is 5. The zero-order chi connectivity index (χ0) is 14.0. The van der Waals surface area contributed by atoms with Crippen LogP contribution in [-0.4, -0.2) is 25.5 Å². The molecule has 0 saturated carbocycles. The van der Waals surface area contributed by atoms with E-state index in [1.807, 2.05) is 0 Å². The Hall–Kier alpha value is -2.82. The van der Waals surface area contributed by atoms with Crippen LogP contribution in [0.4, 0.5) is 0 Å². The maximum atomic E-state index is 9.59. The van der Waals surface area contributed by atoms with E-state index < -0.39 is 0 Å². The van der Waals surface area contributed by atoms with Gasteiger partial charge in [0.25, 0.3) is 0 Å². The Labute approximate surface area is 108 Å². The third-order valence-corrected chi connectivity index (χ3v) is 2.49. The highest BCUT2D eigenvalue weighted by atomic mass is 16.3. The van der Waals surface area contributed by atoms with Crippen LogP contribution in [0.3, 0.4) is 0 Å². The van der Waals surface area contributed by atoms with Crippen molar-refractivity contribution in [1.29, 1.82) is 0 Å². The van der Waals surface area contributed by atoms with E-state index in [1.165, 1.54) is 30.4 Å². The number of rotatable bonds is 2. The summed E-state index contributed by atoms with van der Waals surface area (Å²) in [5.74, 6) is -1.00. The highest BCUT2D eigenvalue weighted by molar-refractivity contribution is 5.77. The molecule has 0 amide bonds. The van der Waals surface area contributed by atoms with Gasteiger partial charge in [0.15, 0.2) is 0 Å². The Kier molecular flexibility index (Phi) is 3.20. The van der Waals surface area contributed by atoms with Gasteiger partial charge in [0.1, 0.15) is 28.7 Å². The van der Waals surface area contributed by atoms with Gasteiger partial charge in [-0.05, 0) is 23.8 Å². The van der Waals surface area contributed by atoms with Crippen molar-refractivity contribution in [3.8, 4) is 28.7 Å². The predicted octanol–water partition coefficient (Wildman–Crippen LogP) is 2.38. The second-order valence-electron chi connectivity index (χ2n) is 4.01. The molecule has 0 atom stereocenters. The molecule has 0 saturated heterocycles. The molecule has 2 aromatic carbocycles. The van der Waals surface area contributed by atoms with Crippen molar-refractivity contribution >= 4 is 12.2 Å². The first-order valence-electron chi connectivity index (χ1n) is 5.42. The molecule has 2 aromatic rings. The van der Waals surface area contributed by atoms with Gasteiger partial charge in [0.2, 0.25) is 0 Å². The van der Waals surface area contributed by atoms with Gasteiger partial charge in [-0.3, -0.25) is 0 Å². The summed E-state index contributed by atoms with van der Waals surface area (Å²) in [5.41, 5.74) is 0.616. The summed E-state index contributed by atoms with van der Waals surface area (Å²) < 4.78 is 0. The van der Waals surface area contributed by atoms with Crippen LogP contribution in [0.1, 0.15) is 11.1 Å². The first-order chi connectivity index (χ1) is 8.95. The van der Waals surface area contributed by atoms with Crippen molar-refractivity contribution in [2.45, 2.75) is 0 Å². The van der Waals surface area contributed by atoms with Crippen LogP contribution >= 0.6 is 0 Å². The quantitative estimate of drug-likeness (QED) is 0.534. The number of phenols is 5. The molecular weight excluding hydrogens is 248 g/mol. The van der Waals surface area contributed by atoms with Gasteiger partial charge >= 0.3 is 0 Å². The van der Waals surface area contributed by atoms with Gasteiger partial charge in [-0.15, -0.1) is 0 Å². The fourth-order valence-electron chi connectivity index (χ4n) is 1.67.